The molecule has 0 aliphatic heterocycles. The van der Waals surface area contributed by atoms with Crippen LogP contribution in [0, 0.1) is 5.92 Å². The van der Waals surface area contributed by atoms with Gasteiger partial charge in [-0.3, -0.25) is 9.59 Å². The summed E-state index contributed by atoms with van der Waals surface area (Å²) < 4.78 is 0. The Kier molecular flexibility index (Phi) is 9.75. The summed E-state index contributed by atoms with van der Waals surface area (Å²) in [4.78, 5) is 27.9. The summed E-state index contributed by atoms with van der Waals surface area (Å²) in [6, 6.07) is 17.9. The van der Waals surface area contributed by atoms with Crippen molar-refractivity contribution in [3.05, 3.63) is 136 Å². The molecule has 0 spiro atoms. The molecular weight excluding hydrogens is 608 g/mol. The predicted octanol–water partition coefficient (Wildman–Crippen LogP) is 8.04. The van der Waals surface area contributed by atoms with E-state index in [-0.39, 0.29) is 57.4 Å². The molecule has 3 atom stereocenters. The van der Waals surface area contributed by atoms with E-state index in [4.69, 9.17) is 0 Å². The van der Waals surface area contributed by atoms with Gasteiger partial charge in [-0.05, 0) is 105 Å². The number of hydrogen-bond donors (Lipinski definition) is 6. The smallest absolute Gasteiger partial charge is 0.189 e. The van der Waals surface area contributed by atoms with E-state index in [9.17, 15) is 40.2 Å². The van der Waals surface area contributed by atoms with E-state index in [1.165, 1.54) is 60.7 Å². The number of phenols is 6. The molecule has 4 aromatic rings. The summed E-state index contributed by atoms with van der Waals surface area (Å²) in [5, 5.41) is 64.1. The zero-order valence-electron chi connectivity index (χ0n) is 26.9. The van der Waals surface area contributed by atoms with Crippen molar-refractivity contribution >= 4 is 17.6 Å². The zero-order valence-corrected chi connectivity index (χ0v) is 26.9. The number of rotatable bonds is 9. The number of phenolic OH excluding ortho intramolecular Hbond substituents is 6. The third-order valence-corrected chi connectivity index (χ3v) is 8.77. The van der Waals surface area contributed by atoms with E-state index in [0.29, 0.717) is 12.0 Å². The fourth-order valence-corrected chi connectivity index (χ4v) is 6.32. The van der Waals surface area contributed by atoms with Crippen molar-refractivity contribution in [2.45, 2.75) is 45.4 Å². The van der Waals surface area contributed by atoms with E-state index < -0.39 is 35.1 Å². The summed E-state index contributed by atoms with van der Waals surface area (Å²) in [7, 11) is 0. The Hall–Kier alpha value is -5.76. The maximum absolute atomic E-state index is 14.6. The van der Waals surface area contributed by atoms with Gasteiger partial charge in [-0.25, -0.2) is 0 Å². The predicted molar refractivity (Wildman–Crippen MR) is 184 cm³/mol. The molecular formula is C40H38O8. The van der Waals surface area contributed by atoms with E-state index in [1.54, 1.807) is 30.3 Å². The molecule has 1 aliphatic rings. The number of Topliss-reactive ketones (excluding diaryl/α,β-unsaturated/α-hetero) is 1. The molecule has 0 fully saturated rings. The van der Waals surface area contributed by atoms with Crippen LogP contribution in [-0.4, -0.2) is 42.2 Å². The lowest BCUT2D eigenvalue weighted by atomic mass is 9.65. The Labute approximate surface area is 278 Å². The van der Waals surface area contributed by atoms with Gasteiger partial charge in [0.05, 0.1) is 5.56 Å². The van der Waals surface area contributed by atoms with Crippen molar-refractivity contribution in [2.24, 2.45) is 5.92 Å². The van der Waals surface area contributed by atoms with Crippen LogP contribution in [0.3, 0.4) is 0 Å². The highest BCUT2D eigenvalue weighted by Crippen LogP contribution is 2.51. The fraction of sp³-hybridized carbons (Fsp3) is 0.200. The molecule has 1 aliphatic carbocycles. The number of hydrogen-bond acceptors (Lipinski definition) is 8. The highest BCUT2D eigenvalue weighted by molar-refractivity contribution is 6.09. The van der Waals surface area contributed by atoms with Crippen LogP contribution in [0.15, 0.2) is 102 Å². The second-order valence-corrected chi connectivity index (χ2v) is 12.5. The van der Waals surface area contributed by atoms with Gasteiger partial charge in [0, 0.05) is 28.5 Å². The van der Waals surface area contributed by atoms with Crippen LogP contribution in [0.25, 0.3) is 6.08 Å². The fourth-order valence-electron chi connectivity index (χ4n) is 6.32. The maximum atomic E-state index is 14.6. The number of benzene rings is 4. The van der Waals surface area contributed by atoms with Crippen LogP contribution in [-0.2, 0) is 6.42 Å². The second-order valence-electron chi connectivity index (χ2n) is 12.5. The molecule has 8 nitrogen and oxygen atoms in total. The van der Waals surface area contributed by atoms with E-state index in [2.05, 4.69) is 0 Å². The quantitative estimate of drug-likeness (QED) is 0.0606. The minimum Gasteiger partial charge on any atom is -0.508 e. The van der Waals surface area contributed by atoms with Gasteiger partial charge in [0.15, 0.2) is 11.6 Å². The summed E-state index contributed by atoms with van der Waals surface area (Å²) in [6.45, 7) is 5.67. The van der Waals surface area contributed by atoms with Crippen LogP contribution in [0.2, 0.25) is 0 Å². The van der Waals surface area contributed by atoms with Crippen LogP contribution < -0.4 is 0 Å². The van der Waals surface area contributed by atoms with Crippen LogP contribution in [0.1, 0.15) is 82.0 Å². The SMILES string of the molecule is CC(C)=CCc1c(O)cc(C(=O)[C@H]2[C@@H](c3c(O)ccc(C(=O)C=Cc4ccc(O)cc4)c3O)C=C(C)C[C@@H]2c2ccc(O)cc2)cc1O. The third-order valence-electron chi connectivity index (χ3n) is 8.77. The number of ketones is 2. The second kappa shape index (κ2) is 13.9. The number of allylic oxidation sites excluding steroid dienone is 5. The Morgan fingerprint density at radius 2 is 1.40 bits per heavy atom. The lowest BCUT2D eigenvalue weighted by molar-refractivity contribution is 0.0879. The summed E-state index contributed by atoms with van der Waals surface area (Å²) in [5.74, 6) is -4.53. The van der Waals surface area contributed by atoms with Crippen molar-refractivity contribution in [3.63, 3.8) is 0 Å². The number of aromatic hydroxyl groups is 6. The molecule has 6 N–H and O–H groups in total. The molecule has 0 saturated carbocycles. The first-order valence-corrected chi connectivity index (χ1v) is 15.6. The summed E-state index contributed by atoms with van der Waals surface area (Å²) in [6.07, 6.45) is 7.14. The Balaban J connectivity index is 1.62. The van der Waals surface area contributed by atoms with Gasteiger partial charge in [-0.15, -0.1) is 0 Å². The minimum atomic E-state index is -0.963. The molecule has 4 aromatic carbocycles. The van der Waals surface area contributed by atoms with Crippen molar-refractivity contribution in [1.29, 1.82) is 0 Å². The van der Waals surface area contributed by atoms with Gasteiger partial charge < -0.3 is 30.6 Å². The lowest BCUT2D eigenvalue weighted by Gasteiger charge is -2.37. The van der Waals surface area contributed by atoms with E-state index in [0.717, 1.165) is 16.7 Å². The highest BCUT2D eigenvalue weighted by atomic mass is 16.3. The summed E-state index contributed by atoms with van der Waals surface area (Å²) >= 11 is 0. The molecule has 48 heavy (non-hydrogen) atoms. The van der Waals surface area contributed by atoms with Crippen molar-refractivity contribution in [2.75, 3.05) is 0 Å². The molecule has 5 rings (SSSR count). The van der Waals surface area contributed by atoms with Gasteiger partial charge in [0.2, 0.25) is 0 Å². The lowest BCUT2D eigenvalue weighted by Crippen LogP contribution is -2.31. The monoisotopic (exact) mass is 646 g/mol. The Bertz CT molecular complexity index is 1920. The molecule has 0 heterocycles. The molecule has 246 valence electrons. The molecule has 0 radical (unpaired) electrons. The van der Waals surface area contributed by atoms with Crippen molar-refractivity contribution < 1.29 is 40.2 Å². The average Bonchev–Trinajstić information content (AvgIpc) is 3.03. The highest BCUT2D eigenvalue weighted by Gasteiger charge is 2.42. The summed E-state index contributed by atoms with van der Waals surface area (Å²) in [5.41, 5.74) is 3.46. The van der Waals surface area contributed by atoms with Gasteiger partial charge in [-0.1, -0.05) is 53.6 Å². The normalized spacial score (nSPS) is 17.6. The van der Waals surface area contributed by atoms with E-state index in [1.807, 2.05) is 26.8 Å². The molecule has 0 bridgehead atoms. The Morgan fingerprint density at radius 3 is 2.00 bits per heavy atom. The zero-order chi connectivity index (χ0) is 34.7. The van der Waals surface area contributed by atoms with Crippen LogP contribution in [0.4, 0.5) is 0 Å². The van der Waals surface area contributed by atoms with Gasteiger partial charge in [0.25, 0.3) is 0 Å². The van der Waals surface area contributed by atoms with Crippen LogP contribution >= 0.6 is 0 Å². The van der Waals surface area contributed by atoms with Gasteiger partial charge in [-0.2, -0.15) is 0 Å². The molecule has 0 unspecified atom stereocenters. The van der Waals surface area contributed by atoms with Crippen molar-refractivity contribution in [3.8, 4) is 34.5 Å². The van der Waals surface area contributed by atoms with Gasteiger partial charge >= 0.3 is 0 Å². The number of carbonyl (C=O) groups excluding carboxylic acids is 2. The average molecular weight is 647 g/mol. The minimum absolute atomic E-state index is 0.00585. The molecule has 0 aromatic heterocycles. The van der Waals surface area contributed by atoms with Crippen LogP contribution in [0.5, 0.6) is 34.5 Å². The topological polar surface area (TPSA) is 156 Å². The largest absolute Gasteiger partial charge is 0.508 e. The standard InChI is InChI=1S/C40H38O8/c1-22(2)4-14-29-35(45)20-26(21-36(29)46)39(47)37-31(25-8-12-28(42)13-9-25)18-23(3)19-32(37)38-34(44)17-15-30(40(38)48)33(43)16-7-24-5-10-27(41)11-6-24/h4-13,15-17,19-21,31-32,37,41-42,44-46,48H,14,18H2,1-3H3/t31-,32+,37-/m1/s1. The number of carbonyl (C=O) groups is 2. The van der Waals surface area contributed by atoms with Gasteiger partial charge in [0.1, 0.15) is 34.5 Å². The molecule has 0 saturated heterocycles. The first kappa shape index (κ1) is 33.6. The van der Waals surface area contributed by atoms with E-state index >= 15 is 0 Å². The first-order chi connectivity index (χ1) is 22.8. The first-order valence-electron chi connectivity index (χ1n) is 15.6. The maximum Gasteiger partial charge on any atom is 0.189 e. The van der Waals surface area contributed by atoms with Crippen molar-refractivity contribution in [1.82, 2.24) is 0 Å². The third kappa shape index (κ3) is 7.13. The Morgan fingerprint density at radius 1 is 0.792 bits per heavy atom. The molecule has 8 heteroatoms. The molecule has 0 amide bonds.